The highest BCUT2D eigenvalue weighted by atomic mass is 32.2. The van der Waals surface area contributed by atoms with E-state index in [9.17, 15) is 4.39 Å². The van der Waals surface area contributed by atoms with Crippen LogP contribution in [0.1, 0.15) is 17.0 Å². The maximum absolute atomic E-state index is 13.7. The number of aryl methyl sites for hydroxylation is 1. The summed E-state index contributed by atoms with van der Waals surface area (Å²) in [5, 5.41) is 5.04. The van der Waals surface area contributed by atoms with Crippen molar-refractivity contribution in [2.24, 2.45) is 10.1 Å². The summed E-state index contributed by atoms with van der Waals surface area (Å²) in [6, 6.07) is 8.59. The first-order valence-corrected chi connectivity index (χ1v) is 8.65. The van der Waals surface area contributed by atoms with Crippen LogP contribution < -0.4 is 5.43 Å². The number of hydrogen-bond donors (Lipinski definition) is 1. The van der Waals surface area contributed by atoms with Crippen molar-refractivity contribution >= 4 is 28.3 Å². The van der Waals surface area contributed by atoms with E-state index in [2.05, 4.69) is 46.6 Å². The van der Waals surface area contributed by atoms with E-state index in [1.165, 1.54) is 29.2 Å². The lowest BCUT2D eigenvalue weighted by Crippen LogP contribution is -2.25. The zero-order valence-corrected chi connectivity index (χ0v) is 14.5. The molecule has 6 heteroatoms. The minimum atomic E-state index is -0.338. The Hall–Kier alpha value is -2.34. The summed E-state index contributed by atoms with van der Waals surface area (Å²) in [4.78, 5) is 4.29. The second-order valence-electron chi connectivity index (χ2n) is 5.51. The van der Waals surface area contributed by atoms with E-state index in [0.717, 1.165) is 17.8 Å². The number of aromatic nitrogens is 1. The fraction of sp³-hybridized carbons (Fsp3) is 0.222. The second-order valence-corrected chi connectivity index (χ2v) is 6.48. The second kappa shape index (κ2) is 7.05. The number of hydrazone groups is 1. The number of amidine groups is 1. The van der Waals surface area contributed by atoms with E-state index in [-0.39, 0.29) is 5.82 Å². The molecule has 2 heterocycles. The number of nitrogens with zero attached hydrogens (tertiary/aromatic N) is 3. The summed E-state index contributed by atoms with van der Waals surface area (Å²) in [7, 11) is 0. The number of thioether (sulfide) groups is 1. The van der Waals surface area contributed by atoms with E-state index >= 15 is 0 Å². The van der Waals surface area contributed by atoms with Crippen molar-refractivity contribution in [1.82, 2.24) is 9.99 Å². The van der Waals surface area contributed by atoms with Gasteiger partial charge >= 0.3 is 0 Å². The number of nitrogens with one attached hydrogen (secondary N) is 1. The fourth-order valence-corrected chi connectivity index (χ4v) is 3.43. The molecule has 0 unspecified atom stereocenters. The maximum Gasteiger partial charge on any atom is 0.182 e. The van der Waals surface area contributed by atoms with Gasteiger partial charge in [-0.2, -0.15) is 5.10 Å². The Labute approximate surface area is 145 Å². The minimum absolute atomic E-state index is 0.315. The van der Waals surface area contributed by atoms with E-state index in [1.54, 1.807) is 18.2 Å². The molecule has 0 radical (unpaired) electrons. The van der Waals surface area contributed by atoms with Gasteiger partial charge in [0.05, 0.1) is 5.71 Å². The summed E-state index contributed by atoms with van der Waals surface area (Å²) in [6.45, 7) is 8.75. The molecular weight excluding hydrogens is 323 g/mol. The number of aliphatic imine (C=N–C) groups is 1. The lowest BCUT2D eigenvalue weighted by Gasteiger charge is -2.15. The molecule has 1 aliphatic heterocycles. The van der Waals surface area contributed by atoms with Crippen LogP contribution in [0, 0.1) is 19.7 Å². The van der Waals surface area contributed by atoms with Gasteiger partial charge in [0.2, 0.25) is 0 Å². The molecule has 24 heavy (non-hydrogen) atoms. The zero-order chi connectivity index (χ0) is 17.1. The van der Waals surface area contributed by atoms with Crippen LogP contribution in [0.4, 0.5) is 10.1 Å². The van der Waals surface area contributed by atoms with Gasteiger partial charge in [-0.3, -0.25) is 5.43 Å². The Morgan fingerprint density at radius 1 is 1.42 bits per heavy atom. The average molecular weight is 342 g/mol. The highest BCUT2D eigenvalue weighted by Gasteiger charge is 2.18. The zero-order valence-electron chi connectivity index (χ0n) is 13.7. The number of halogens is 1. The lowest BCUT2D eigenvalue weighted by atomic mass is 10.1. The standard InChI is InChI=1S/C18H19FN4S/c1-4-9-23-12(2)10-14(13(23)3)17-11-24-18(22-21-17)20-16-8-6-5-7-15(16)19/h4-8,10H,1,9,11H2,2-3H3,(H,20,22). The third-order valence-electron chi connectivity index (χ3n) is 3.90. The molecule has 124 valence electrons. The molecule has 0 bridgehead atoms. The molecule has 0 amide bonds. The molecule has 1 aromatic heterocycles. The van der Waals surface area contributed by atoms with Crippen LogP contribution >= 0.6 is 11.8 Å². The first kappa shape index (κ1) is 16.5. The Morgan fingerprint density at radius 2 is 2.21 bits per heavy atom. The van der Waals surface area contributed by atoms with Crippen LogP contribution in [0.3, 0.4) is 0 Å². The van der Waals surface area contributed by atoms with Crippen LogP contribution in [0.2, 0.25) is 0 Å². The number of para-hydroxylation sites is 1. The number of allylic oxidation sites excluding steroid dienone is 1. The largest absolute Gasteiger partial charge is 0.345 e. The van der Waals surface area contributed by atoms with Crippen LogP contribution in [-0.2, 0) is 6.54 Å². The summed E-state index contributed by atoms with van der Waals surface area (Å²) in [5.74, 6) is 0.355. The van der Waals surface area contributed by atoms with Crippen molar-refractivity contribution in [1.29, 1.82) is 0 Å². The SMILES string of the molecule is C=CCn1c(C)cc(C2=NNC(=Nc3ccccc3F)SC2)c1C. The van der Waals surface area contributed by atoms with Crippen LogP contribution in [-0.4, -0.2) is 21.2 Å². The lowest BCUT2D eigenvalue weighted by molar-refractivity contribution is 0.630. The number of benzene rings is 1. The maximum atomic E-state index is 13.7. The Balaban J connectivity index is 1.82. The Bertz CT molecular complexity index is 836. The first-order valence-electron chi connectivity index (χ1n) is 7.66. The normalized spacial score (nSPS) is 16.0. The van der Waals surface area contributed by atoms with Gasteiger partial charge in [-0.1, -0.05) is 30.0 Å². The van der Waals surface area contributed by atoms with Gasteiger partial charge in [-0.15, -0.1) is 6.58 Å². The molecule has 0 saturated carbocycles. The molecule has 2 aromatic rings. The van der Waals surface area contributed by atoms with E-state index in [4.69, 9.17) is 0 Å². The molecule has 0 spiro atoms. The van der Waals surface area contributed by atoms with E-state index in [1.807, 2.05) is 6.08 Å². The molecule has 1 N–H and O–H groups in total. The first-order chi connectivity index (χ1) is 11.6. The monoisotopic (exact) mass is 342 g/mol. The molecular formula is C18H19FN4S. The topological polar surface area (TPSA) is 41.7 Å². The predicted octanol–water partition coefficient (Wildman–Crippen LogP) is 4.16. The van der Waals surface area contributed by atoms with Gasteiger partial charge < -0.3 is 4.57 Å². The summed E-state index contributed by atoms with van der Waals surface area (Å²) >= 11 is 1.52. The van der Waals surface area contributed by atoms with Crippen molar-refractivity contribution in [3.8, 4) is 0 Å². The van der Waals surface area contributed by atoms with Gasteiger partial charge in [-0.05, 0) is 32.0 Å². The van der Waals surface area contributed by atoms with Gasteiger partial charge in [0.15, 0.2) is 5.17 Å². The molecule has 3 rings (SSSR count). The summed E-state index contributed by atoms with van der Waals surface area (Å²) in [6.07, 6.45) is 1.89. The third-order valence-corrected chi connectivity index (χ3v) is 4.78. The van der Waals surface area contributed by atoms with Crippen LogP contribution in [0.25, 0.3) is 0 Å². The van der Waals surface area contributed by atoms with Crippen molar-refractivity contribution in [2.75, 3.05) is 5.75 Å². The minimum Gasteiger partial charge on any atom is -0.345 e. The van der Waals surface area contributed by atoms with Gasteiger partial charge in [0.1, 0.15) is 11.5 Å². The number of rotatable bonds is 4. The Kier molecular flexibility index (Phi) is 4.85. The third kappa shape index (κ3) is 3.28. The van der Waals surface area contributed by atoms with Crippen molar-refractivity contribution in [3.05, 3.63) is 65.8 Å². The van der Waals surface area contributed by atoms with Crippen molar-refractivity contribution in [3.63, 3.8) is 0 Å². The van der Waals surface area contributed by atoms with Gasteiger partial charge in [-0.25, -0.2) is 9.38 Å². The van der Waals surface area contributed by atoms with Crippen molar-refractivity contribution in [2.45, 2.75) is 20.4 Å². The molecule has 0 aliphatic carbocycles. The molecule has 0 fully saturated rings. The molecule has 4 nitrogen and oxygen atoms in total. The van der Waals surface area contributed by atoms with Gasteiger partial charge in [0.25, 0.3) is 0 Å². The highest BCUT2D eigenvalue weighted by molar-refractivity contribution is 8.14. The average Bonchev–Trinajstić information content (AvgIpc) is 2.86. The quantitative estimate of drug-likeness (QED) is 0.848. The Morgan fingerprint density at radius 3 is 2.88 bits per heavy atom. The van der Waals surface area contributed by atoms with Gasteiger partial charge in [0, 0.05) is 29.2 Å². The fourth-order valence-electron chi connectivity index (χ4n) is 2.67. The predicted molar refractivity (Wildman–Crippen MR) is 99.7 cm³/mol. The number of hydrogen-bond acceptors (Lipinski definition) is 3. The van der Waals surface area contributed by atoms with E-state index in [0.29, 0.717) is 16.6 Å². The summed E-state index contributed by atoms with van der Waals surface area (Å²) in [5.41, 5.74) is 7.69. The van der Waals surface area contributed by atoms with Crippen molar-refractivity contribution < 1.29 is 4.39 Å². The molecule has 1 aliphatic rings. The smallest absolute Gasteiger partial charge is 0.182 e. The molecule has 1 aromatic carbocycles. The summed E-state index contributed by atoms with van der Waals surface area (Å²) < 4.78 is 15.9. The molecule has 0 atom stereocenters. The molecule has 0 saturated heterocycles. The highest BCUT2D eigenvalue weighted by Crippen LogP contribution is 2.23. The van der Waals surface area contributed by atoms with Crippen LogP contribution in [0.15, 0.2) is 53.1 Å². The van der Waals surface area contributed by atoms with Crippen LogP contribution in [0.5, 0.6) is 0 Å². The van der Waals surface area contributed by atoms with E-state index < -0.39 is 0 Å².